The van der Waals surface area contributed by atoms with Crippen molar-refractivity contribution in [3.8, 4) is 0 Å². The Balaban J connectivity index is 1.59. The largest absolute Gasteiger partial charge is 0.468 e. The van der Waals surface area contributed by atoms with Crippen LogP contribution in [0.4, 0.5) is 0 Å². The fourth-order valence-corrected chi connectivity index (χ4v) is 5.84. The van der Waals surface area contributed by atoms with E-state index in [4.69, 9.17) is 14.2 Å². The average molecular weight is 509 g/mol. The predicted molar refractivity (Wildman–Crippen MR) is 141 cm³/mol. The highest BCUT2D eigenvalue weighted by Crippen LogP contribution is 2.31. The summed E-state index contributed by atoms with van der Waals surface area (Å²) in [5.74, 6) is -0.788. The predicted octanol–water partition coefficient (Wildman–Crippen LogP) is 4.38. The van der Waals surface area contributed by atoms with Crippen LogP contribution in [0.15, 0.2) is 99.6 Å². The standard InChI is InChI=1S/C29H34NO5S/c1-23(22-33-2)30(20-28(31)34-3)21-29(32)35-19-18-24-14-16-27(17-15-24)36(25-10-6-4-7-11-25)26-12-8-5-9-13-26/h4-17,23H,18-22H2,1-3H3/q+1. The number of carbonyl (C=O) groups is 2. The van der Waals surface area contributed by atoms with Crippen LogP contribution in [0.5, 0.6) is 0 Å². The highest BCUT2D eigenvalue weighted by atomic mass is 32.2. The summed E-state index contributed by atoms with van der Waals surface area (Å²) >= 11 is 0. The molecular weight excluding hydrogens is 474 g/mol. The third kappa shape index (κ3) is 8.22. The molecule has 0 amide bonds. The molecule has 190 valence electrons. The van der Waals surface area contributed by atoms with Crippen LogP contribution >= 0.6 is 0 Å². The minimum atomic E-state index is -0.407. The smallest absolute Gasteiger partial charge is 0.320 e. The molecule has 0 heterocycles. The van der Waals surface area contributed by atoms with Crippen LogP contribution in [-0.2, 0) is 41.1 Å². The van der Waals surface area contributed by atoms with Gasteiger partial charge in [0.1, 0.15) is 0 Å². The van der Waals surface area contributed by atoms with Crippen LogP contribution in [-0.4, -0.2) is 63.4 Å². The van der Waals surface area contributed by atoms with Crippen LogP contribution in [0.1, 0.15) is 12.5 Å². The molecule has 0 aliphatic heterocycles. The van der Waals surface area contributed by atoms with E-state index in [1.54, 1.807) is 12.0 Å². The summed E-state index contributed by atoms with van der Waals surface area (Å²) in [4.78, 5) is 29.6. The SMILES string of the molecule is COCC(C)N(CC(=O)OC)CC(=O)OCCc1ccc([S+](c2ccccc2)c2ccccc2)cc1. The molecule has 3 aromatic carbocycles. The molecule has 3 rings (SSSR count). The maximum atomic E-state index is 12.4. The van der Waals surface area contributed by atoms with Crippen molar-refractivity contribution < 1.29 is 23.8 Å². The van der Waals surface area contributed by atoms with Gasteiger partial charge in [-0.25, -0.2) is 0 Å². The van der Waals surface area contributed by atoms with E-state index in [2.05, 4.69) is 72.8 Å². The van der Waals surface area contributed by atoms with E-state index in [0.29, 0.717) is 13.0 Å². The van der Waals surface area contributed by atoms with Gasteiger partial charge in [0.2, 0.25) is 0 Å². The Kier molecular flexibility index (Phi) is 11.0. The second-order valence-electron chi connectivity index (χ2n) is 8.33. The first kappa shape index (κ1) is 27.5. The average Bonchev–Trinajstić information content (AvgIpc) is 2.90. The van der Waals surface area contributed by atoms with Crippen molar-refractivity contribution in [2.24, 2.45) is 0 Å². The number of esters is 2. The molecule has 36 heavy (non-hydrogen) atoms. The van der Waals surface area contributed by atoms with Gasteiger partial charge < -0.3 is 14.2 Å². The molecule has 0 saturated carbocycles. The van der Waals surface area contributed by atoms with Crippen molar-refractivity contribution in [3.05, 3.63) is 90.5 Å². The number of hydrogen-bond donors (Lipinski definition) is 0. The zero-order chi connectivity index (χ0) is 25.8. The Bertz CT molecular complexity index is 1040. The summed E-state index contributed by atoms with van der Waals surface area (Å²) in [5.41, 5.74) is 1.09. The molecule has 1 unspecified atom stereocenters. The van der Waals surface area contributed by atoms with E-state index in [1.165, 1.54) is 21.8 Å². The van der Waals surface area contributed by atoms with Crippen LogP contribution in [0, 0.1) is 0 Å². The normalized spacial score (nSPS) is 11.9. The molecule has 0 bridgehead atoms. The number of rotatable bonds is 13. The van der Waals surface area contributed by atoms with Crippen LogP contribution < -0.4 is 0 Å². The van der Waals surface area contributed by atoms with E-state index >= 15 is 0 Å². The molecule has 0 spiro atoms. The van der Waals surface area contributed by atoms with Gasteiger partial charge in [0.25, 0.3) is 0 Å². The molecule has 0 aromatic heterocycles. The van der Waals surface area contributed by atoms with E-state index in [0.717, 1.165) is 5.56 Å². The van der Waals surface area contributed by atoms with Gasteiger partial charge in [-0.05, 0) is 48.9 Å². The van der Waals surface area contributed by atoms with Crippen LogP contribution in [0.25, 0.3) is 0 Å². The van der Waals surface area contributed by atoms with Gasteiger partial charge in [-0.15, -0.1) is 0 Å². The number of ether oxygens (including phenoxy) is 3. The van der Waals surface area contributed by atoms with Crippen molar-refractivity contribution >= 4 is 22.8 Å². The first-order valence-corrected chi connectivity index (χ1v) is 13.1. The van der Waals surface area contributed by atoms with E-state index in [1.807, 2.05) is 19.1 Å². The maximum absolute atomic E-state index is 12.4. The van der Waals surface area contributed by atoms with Gasteiger partial charge in [0.15, 0.2) is 14.7 Å². The molecule has 1 atom stereocenters. The molecule has 3 aromatic rings. The number of carbonyl (C=O) groups excluding carboxylic acids is 2. The van der Waals surface area contributed by atoms with Crippen molar-refractivity contribution in [2.45, 2.75) is 34.1 Å². The minimum Gasteiger partial charge on any atom is -0.468 e. The summed E-state index contributed by atoms with van der Waals surface area (Å²) in [6, 6.07) is 29.4. The Morgan fingerprint density at radius 2 is 1.31 bits per heavy atom. The Hall–Kier alpha value is -3.13. The van der Waals surface area contributed by atoms with Gasteiger partial charge >= 0.3 is 11.9 Å². The Morgan fingerprint density at radius 1 is 0.778 bits per heavy atom. The lowest BCUT2D eigenvalue weighted by Crippen LogP contribution is -2.43. The number of methoxy groups -OCH3 is 2. The van der Waals surface area contributed by atoms with Gasteiger partial charge in [-0.3, -0.25) is 14.5 Å². The Morgan fingerprint density at radius 3 is 1.83 bits per heavy atom. The quantitative estimate of drug-likeness (QED) is 0.252. The second kappa shape index (κ2) is 14.4. The third-order valence-corrected chi connectivity index (χ3v) is 7.92. The third-order valence-electron chi connectivity index (χ3n) is 5.69. The molecule has 0 N–H and O–H groups in total. The lowest BCUT2D eigenvalue weighted by molar-refractivity contribution is -0.148. The van der Waals surface area contributed by atoms with E-state index < -0.39 is 5.97 Å². The number of hydrogen-bond acceptors (Lipinski definition) is 6. The van der Waals surface area contributed by atoms with Gasteiger partial charge in [-0.1, -0.05) is 48.5 Å². The molecule has 0 aliphatic rings. The van der Waals surface area contributed by atoms with E-state index in [9.17, 15) is 9.59 Å². The molecule has 6 nitrogen and oxygen atoms in total. The maximum Gasteiger partial charge on any atom is 0.320 e. The summed E-state index contributed by atoms with van der Waals surface area (Å²) in [6.45, 7) is 2.55. The molecule has 0 fully saturated rings. The first-order valence-electron chi connectivity index (χ1n) is 11.9. The van der Waals surface area contributed by atoms with Crippen molar-refractivity contribution in [1.29, 1.82) is 0 Å². The monoisotopic (exact) mass is 508 g/mol. The second-order valence-corrected chi connectivity index (χ2v) is 10.4. The van der Waals surface area contributed by atoms with Gasteiger partial charge in [-0.2, -0.15) is 0 Å². The molecule has 0 saturated heterocycles. The Labute approximate surface area is 216 Å². The van der Waals surface area contributed by atoms with Crippen LogP contribution in [0.3, 0.4) is 0 Å². The van der Waals surface area contributed by atoms with Crippen molar-refractivity contribution in [2.75, 3.05) is 40.5 Å². The molecule has 0 aliphatic carbocycles. The zero-order valence-corrected chi connectivity index (χ0v) is 21.9. The fourth-order valence-electron chi connectivity index (χ4n) is 3.75. The molecule has 7 heteroatoms. The van der Waals surface area contributed by atoms with Crippen molar-refractivity contribution in [1.82, 2.24) is 4.90 Å². The zero-order valence-electron chi connectivity index (χ0n) is 21.1. The lowest BCUT2D eigenvalue weighted by Gasteiger charge is -2.26. The number of nitrogens with zero attached hydrogens (tertiary/aromatic N) is 1. The van der Waals surface area contributed by atoms with E-state index in [-0.39, 0.29) is 42.6 Å². The van der Waals surface area contributed by atoms with Gasteiger partial charge in [0, 0.05) is 19.6 Å². The van der Waals surface area contributed by atoms with Gasteiger partial charge in [0.05, 0.1) is 44.3 Å². The molecule has 0 radical (unpaired) electrons. The highest BCUT2D eigenvalue weighted by molar-refractivity contribution is 7.97. The summed E-state index contributed by atoms with van der Waals surface area (Å²) < 4.78 is 15.4. The first-order chi connectivity index (χ1) is 17.5. The minimum absolute atomic E-state index is 0.00234. The highest BCUT2D eigenvalue weighted by Gasteiger charge is 2.28. The summed E-state index contributed by atoms with van der Waals surface area (Å²) in [7, 11) is 2.72. The number of benzene rings is 3. The molecular formula is C29H34NO5S+. The lowest BCUT2D eigenvalue weighted by atomic mass is 10.2. The summed E-state index contributed by atoms with van der Waals surface area (Å²) in [6.07, 6.45) is 0.612. The summed E-state index contributed by atoms with van der Waals surface area (Å²) in [5, 5.41) is 0. The van der Waals surface area contributed by atoms with Crippen molar-refractivity contribution in [3.63, 3.8) is 0 Å². The van der Waals surface area contributed by atoms with Crippen LogP contribution in [0.2, 0.25) is 0 Å². The fraction of sp³-hybridized carbons (Fsp3) is 0.310. The topological polar surface area (TPSA) is 65.1 Å².